The number of nitrogens with two attached hydrogens (primary N) is 1. The van der Waals surface area contributed by atoms with E-state index >= 15 is 0 Å². The molecule has 1 fully saturated rings. The van der Waals surface area contributed by atoms with E-state index in [4.69, 9.17) is 5.73 Å². The zero-order valence-electron chi connectivity index (χ0n) is 14.5. The van der Waals surface area contributed by atoms with Crippen LogP contribution in [0.3, 0.4) is 0 Å². The van der Waals surface area contributed by atoms with E-state index in [1.54, 1.807) is 0 Å². The van der Waals surface area contributed by atoms with Gasteiger partial charge >= 0.3 is 5.69 Å². The van der Waals surface area contributed by atoms with Crippen molar-refractivity contribution >= 4 is 23.3 Å². The maximum absolute atomic E-state index is 11.4. The molecule has 0 atom stereocenters. The molecule has 3 N–H and O–H groups in total. The standard InChI is InChI=1S/C14H26N8O2/c1-19(2)6-4-5-16-14-17-12(15)11(22(23)24)13(18-14)21-9-7-20(3)8-10-21/h4-10H2,1-3H3,(H3,15,16,17,18). The molecule has 0 amide bonds. The first-order chi connectivity index (χ1) is 11.4. The monoisotopic (exact) mass is 338 g/mol. The molecule has 10 nitrogen and oxygen atoms in total. The summed E-state index contributed by atoms with van der Waals surface area (Å²) in [6.45, 7) is 4.61. The summed E-state index contributed by atoms with van der Waals surface area (Å²) in [4.78, 5) is 25.5. The minimum atomic E-state index is -0.501. The van der Waals surface area contributed by atoms with Crippen molar-refractivity contribution in [1.29, 1.82) is 0 Å². The van der Waals surface area contributed by atoms with E-state index in [2.05, 4.69) is 25.1 Å². The third-order valence-corrected chi connectivity index (χ3v) is 3.94. The van der Waals surface area contributed by atoms with Crippen molar-refractivity contribution in [2.24, 2.45) is 0 Å². The van der Waals surface area contributed by atoms with Gasteiger partial charge in [-0.05, 0) is 34.1 Å². The molecule has 0 radical (unpaired) electrons. The van der Waals surface area contributed by atoms with Crippen molar-refractivity contribution < 1.29 is 4.92 Å². The minimum Gasteiger partial charge on any atom is -0.378 e. The van der Waals surface area contributed by atoms with Crippen LogP contribution in [0.1, 0.15) is 6.42 Å². The molecular formula is C14H26N8O2. The Morgan fingerprint density at radius 3 is 2.54 bits per heavy atom. The van der Waals surface area contributed by atoms with E-state index < -0.39 is 4.92 Å². The smallest absolute Gasteiger partial charge is 0.353 e. The average Bonchev–Trinajstić information content (AvgIpc) is 2.51. The first-order valence-electron chi connectivity index (χ1n) is 8.02. The number of rotatable bonds is 7. The molecule has 1 aromatic heterocycles. The van der Waals surface area contributed by atoms with Crippen LogP contribution < -0.4 is 16.0 Å². The number of anilines is 3. The van der Waals surface area contributed by atoms with Gasteiger partial charge in [-0.25, -0.2) is 0 Å². The number of nitrogens with one attached hydrogen (secondary N) is 1. The highest BCUT2D eigenvalue weighted by atomic mass is 16.6. The molecule has 1 aliphatic rings. The summed E-state index contributed by atoms with van der Waals surface area (Å²) in [5.41, 5.74) is 5.62. The average molecular weight is 338 g/mol. The van der Waals surface area contributed by atoms with E-state index in [1.165, 1.54) is 0 Å². The first-order valence-corrected chi connectivity index (χ1v) is 8.02. The van der Waals surface area contributed by atoms with Crippen molar-refractivity contribution in [2.45, 2.75) is 6.42 Å². The van der Waals surface area contributed by atoms with Crippen molar-refractivity contribution in [2.75, 3.05) is 76.4 Å². The largest absolute Gasteiger partial charge is 0.378 e. The van der Waals surface area contributed by atoms with Crippen LogP contribution in [-0.2, 0) is 0 Å². The molecule has 24 heavy (non-hydrogen) atoms. The summed E-state index contributed by atoms with van der Waals surface area (Å²) >= 11 is 0. The highest BCUT2D eigenvalue weighted by Crippen LogP contribution is 2.32. The predicted octanol–water partition coefficient (Wildman–Crippen LogP) is 0.0824. The Kier molecular flexibility index (Phi) is 6.10. The third kappa shape index (κ3) is 4.65. The first kappa shape index (κ1) is 18.1. The van der Waals surface area contributed by atoms with Crippen LogP contribution in [0.25, 0.3) is 0 Å². The lowest BCUT2D eigenvalue weighted by Crippen LogP contribution is -2.45. The number of hydrogen-bond donors (Lipinski definition) is 2. The molecule has 2 rings (SSSR count). The van der Waals surface area contributed by atoms with Crippen molar-refractivity contribution in [3.63, 3.8) is 0 Å². The Morgan fingerprint density at radius 2 is 1.96 bits per heavy atom. The van der Waals surface area contributed by atoms with Gasteiger partial charge in [-0.3, -0.25) is 10.1 Å². The van der Waals surface area contributed by atoms with Crippen LogP contribution in [0, 0.1) is 10.1 Å². The highest BCUT2D eigenvalue weighted by Gasteiger charge is 2.28. The zero-order valence-corrected chi connectivity index (χ0v) is 14.5. The zero-order chi connectivity index (χ0) is 17.7. The van der Waals surface area contributed by atoms with E-state index in [0.717, 1.165) is 26.1 Å². The van der Waals surface area contributed by atoms with Gasteiger partial charge in [-0.2, -0.15) is 9.97 Å². The second-order valence-corrected chi connectivity index (χ2v) is 6.24. The molecule has 10 heteroatoms. The lowest BCUT2D eigenvalue weighted by molar-refractivity contribution is -0.383. The molecular weight excluding hydrogens is 312 g/mol. The molecule has 0 aliphatic carbocycles. The number of hydrogen-bond acceptors (Lipinski definition) is 9. The summed E-state index contributed by atoms with van der Waals surface area (Å²) in [6, 6.07) is 0. The van der Waals surface area contributed by atoms with Gasteiger partial charge < -0.3 is 25.8 Å². The van der Waals surface area contributed by atoms with E-state index in [0.29, 0.717) is 31.4 Å². The normalized spacial score (nSPS) is 15.8. The molecule has 2 heterocycles. The Bertz CT molecular complexity index is 572. The second kappa shape index (κ2) is 8.06. The fraction of sp³-hybridized carbons (Fsp3) is 0.714. The lowest BCUT2D eigenvalue weighted by atomic mass is 10.3. The number of nitro groups is 1. The van der Waals surface area contributed by atoms with Crippen LogP contribution >= 0.6 is 0 Å². The van der Waals surface area contributed by atoms with Crippen LogP contribution in [0.2, 0.25) is 0 Å². The number of nitrogens with zero attached hydrogens (tertiary/aromatic N) is 6. The molecule has 0 spiro atoms. The van der Waals surface area contributed by atoms with Crippen LogP contribution in [0.4, 0.5) is 23.3 Å². The Labute approximate surface area is 141 Å². The maximum atomic E-state index is 11.4. The Balaban J connectivity index is 2.17. The van der Waals surface area contributed by atoms with Crippen molar-refractivity contribution in [3.05, 3.63) is 10.1 Å². The highest BCUT2D eigenvalue weighted by molar-refractivity contribution is 5.71. The van der Waals surface area contributed by atoms with Gasteiger partial charge in [0.2, 0.25) is 17.6 Å². The van der Waals surface area contributed by atoms with Gasteiger partial charge in [0.1, 0.15) is 0 Å². The number of nitrogen functional groups attached to an aromatic ring is 1. The number of aromatic nitrogens is 2. The van der Waals surface area contributed by atoms with Gasteiger partial charge in [0, 0.05) is 32.7 Å². The Morgan fingerprint density at radius 1 is 1.29 bits per heavy atom. The molecule has 1 aliphatic heterocycles. The molecule has 0 saturated carbocycles. The summed E-state index contributed by atoms with van der Waals surface area (Å²) < 4.78 is 0. The second-order valence-electron chi connectivity index (χ2n) is 6.24. The van der Waals surface area contributed by atoms with Gasteiger partial charge in [0.25, 0.3) is 0 Å². The fourth-order valence-corrected chi connectivity index (χ4v) is 2.55. The minimum absolute atomic E-state index is 0.0981. The molecule has 0 bridgehead atoms. The van der Waals surface area contributed by atoms with E-state index in [-0.39, 0.29) is 11.5 Å². The number of piperazine rings is 1. The predicted molar refractivity (Wildman–Crippen MR) is 94.5 cm³/mol. The molecule has 0 aromatic carbocycles. The third-order valence-electron chi connectivity index (χ3n) is 3.94. The molecule has 1 saturated heterocycles. The summed E-state index contributed by atoms with van der Waals surface area (Å²) in [6.07, 6.45) is 0.914. The quantitative estimate of drug-likeness (QED) is 0.405. The van der Waals surface area contributed by atoms with Crippen molar-refractivity contribution in [3.8, 4) is 0 Å². The van der Waals surface area contributed by atoms with Crippen LogP contribution in [0.5, 0.6) is 0 Å². The van der Waals surface area contributed by atoms with Gasteiger partial charge in [-0.15, -0.1) is 0 Å². The van der Waals surface area contributed by atoms with E-state index in [9.17, 15) is 10.1 Å². The SMILES string of the molecule is CN(C)CCCNc1nc(N)c([N+](=O)[O-])c(N2CCN(C)CC2)n1. The van der Waals surface area contributed by atoms with Crippen LogP contribution in [0.15, 0.2) is 0 Å². The van der Waals surface area contributed by atoms with Gasteiger partial charge in [0.15, 0.2) is 0 Å². The van der Waals surface area contributed by atoms with E-state index in [1.807, 2.05) is 26.0 Å². The van der Waals surface area contributed by atoms with Gasteiger partial charge in [0.05, 0.1) is 4.92 Å². The molecule has 134 valence electrons. The topological polar surface area (TPSA) is 117 Å². The summed E-state index contributed by atoms with van der Waals surface area (Å²) in [7, 11) is 6.04. The molecule has 0 unspecified atom stereocenters. The number of likely N-dealkylation sites (N-methyl/N-ethyl adjacent to an activating group) is 1. The van der Waals surface area contributed by atoms with Crippen LogP contribution in [-0.4, -0.2) is 85.1 Å². The van der Waals surface area contributed by atoms with Crippen molar-refractivity contribution in [1.82, 2.24) is 19.8 Å². The summed E-state index contributed by atoms with van der Waals surface area (Å²) in [5.74, 6) is 0.542. The van der Waals surface area contributed by atoms with Gasteiger partial charge in [-0.1, -0.05) is 0 Å². The maximum Gasteiger partial charge on any atom is 0.353 e. The molecule has 1 aromatic rings. The Hall–Kier alpha value is -2.20. The summed E-state index contributed by atoms with van der Waals surface area (Å²) in [5, 5.41) is 14.5. The lowest BCUT2D eigenvalue weighted by Gasteiger charge is -2.32. The fourth-order valence-electron chi connectivity index (χ4n) is 2.55.